The summed E-state index contributed by atoms with van der Waals surface area (Å²) in [6.07, 6.45) is 0. The van der Waals surface area contributed by atoms with Crippen LogP contribution in [0.25, 0.3) is 0 Å². The number of ether oxygens (including phenoxy) is 1. The third kappa shape index (κ3) is 5.36. The van der Waals surface area contributed by atoms with Gasteiger partial charge in [0.1, 0.15) is 0 Å². The topological polar surface area (TPSA) is 70.7 Å². The Morgan fingerprint density at radius 3 is 2.31 bits per heavy atom. The first-order valence-electron chi connectivity index (χ1n) is 10.4. The highest BCUT2D eigenvalue weighted by atomic mass is 79.9. The van der Waals surface area contributed by atoms with E-state index in [1.165, 1.54) is 0 Å². The zero-order valence-corrected chi connectivity index (χ0v) is 19.3. The van der Waals surface area contributed by atoms with Gasteiger partial charge in [0.05, 0.1) is 13.2 Å². The van der Waals surface area contributed by atoms with Gasteiger partial charge in [-0.1, -0.05) is 28.1 Å². The summed E-state index contributed by atoms with van der Waals surface area (Å²) >= 11 is 3.40. The van der Waals surface area contributed by atoms with Crippen LogP contribution in [0.1, 0.15) is 26.3 Å². The van der Waals surface area contributed by atoms with E-state index in [0.29, 0.717) is 22.5 Å². The molecule has 0 unspecified atom stereocenters. The third-order valence-electron chi connectivity index (χ3n) is 5.33. The Kier molecular flexibility index (Phi) is 6.87. The summed E-state index contributed by atoms with van der Waals surface area (Å²) in [5, 5.41) is 5.79. The van der Waals surface area contributed by atoms with Crippen molar-refractivity contribution in [3.63, 3.8) is 0 Å². The van der Waals surface area contributed by atoms with Gasteiger partial charge in [-0.25, -0.2) is 0 Å². The van der Waals surface area contributed by atoms with E-state index in [4.69, 9.17) is 4.74 Å². The number of nitrogens with zero attached hydrogens (tertiary/aromatic N) is 1. The maximum absolute atomic E-state index is 12.8. The van der Waals surface area contributed by atoms with Crippen molar-refractivity contribution in [2.75, 3.05) is 41.8 Å². The molecule has 7 heteroatoms. The van der Waals surface area contributed by atoms with Gasteiger partial charge in [0.25, 0.3) is 11.8 Å². The number of carbonyl (C=O) groups excluding carboxylic acids is 2. The summed E-state index contributed by atoms with van der Waals surface area (Å²) in [7, 11) is 0. The first-order chi connectivity index (χ1) is 15.5. The van der Waals surface area contributed by atoms with E-state index in [2.05, 4.69) is 31.5 Å². The Hall–Kier alpha value is -3.16. The molecule has 2 amide bonds. The normalized spacial score (nSPS) is 13.5. The molecule has 3 aromatic rings. The molecule has 1 aliphatic heterocycles. The van der Waals surface area contributed by atoms with Crippen LogP contribution in [-0.2, 0) is 4.74 Å². The highest BCUT2D eigenvalue weighted by molar-refractivity contribution is 9.10. The minimum Gasteiger partial charge on any atom is -0.378 e. The summed E-state index contributed by atoms with van der Waals surface area (Å²) < 4.78 is 6.27. The molecular weight excluding hydrogens is 470 g/mol. The first kappa shape index (κ1) is 22.0. The number of nitrogens with one attached hydrogen (secondary N) is 2. The van der Waals surface area contributed by atoms with Gasteiger partial charge in [-0.2, -0.15) is 0 Å². The van der Waals surface area contributed by atoms with Crippen molar-refractivity contribution in [3.05, 3.63) is 87.9 Å². The van der Waals surface area contributed by atoms with Gasteiger partial charge in [-0.3, -0.25) is 9.59 Å². The highest BCUT2D eigenvalue weighted by Crippen LogP contribution is 2.21. The minimum absolute atomic E-state index is 0.259. The average molecular weight is 494 g/mol. The van der Waals surface area contributed by atoms with Crippen molar-refractivity contribution in [3.8, 4) is 0 Å². The van der Waals surface area contributed by atoms with Crippen molar-refractivity contribution < 1.29 is 14.3 Å². The van der Waals surface area contributed by atoms with Crippen LogP contribution >= 0.6 is 15.9 Å². The second-order valence-corrected chi connectivity index (χ2v) is 8.51. The van der Waals surface area contributed by atoms with Crippen molar-refractivity contribution in [1.82, 2.24) is 0 Å². The molecule has 2 N–H and O–H groups in total. The van der Waals surface area contributed by atoms with Crippen LogP contribution in [0.4, 0.5) is 17.1 Å². The Morgan fingerprint density at radius 2 is 1.59 bits per heavy atom. The molecule has 0 radical (unpaired) electrons. The lowest BCUT2D eigenvalue weighted by Gasteiger charge is -2.28. The quantitative estimate of drug-likeness (QED) is 0.518. The number of amides is 2. The summed E-state index contributed by atoms with van der Waals surface area (Å²) in [4.78, 5) is 27.9. The van der Waals surface area contributed by atoms with E-state index in [1.54, 1.807) is 18.2 Å². The smallest absolute Gasteiger partial charge is 0.255 e. The fourth-order valence-electron chi connectivity index (χ4n) is 3.55. The van der Waals surface area contributed by atoms with E-state index >= 15 is 0 Å². The number of anilines is 3. The fraction of sp³-hybridized carbons (Fsp3) is 0.200. The number of carbonyl (C=O) groups is 2. The maximum Gasteiger partial charge on any atom is 0.255 e. The van der Waals surface area contributed by atoms with E-state index in [0.717, 1.165) is 42.0 Å². The number of morpholine rings is 1. The van der Waals surface area contributed by atoms with Crippen LogP contribution in [0.15, 0.2) is 71.2 Å². The predicted octanol–water partition coefficient (Wildman–Crippen LogP) is 5.10. The third-order valence-corrected chi connectivity index (χ3v) is 5.82. The number of halogens is 1. The number of hydrogen-bond donors (Lipinski definition) is 2. The lowest BCUT2D eigenvalue weighted by Crippen LogP contribution is -2.36. The molecule has 0 saturated carbocycles. The summed E-state index contributed by atoms with van der Waals surface area (Å²) in [5.41, 5.74) is 4.16. The fourth-order valence-corrected chi connectivity index (χ4v) is 3.95. The molecule has 1 heterocycles. The van der Waals surface area contributed by atoms with Crippen LogP contribution in [0.2, 0.25) is 0 Å². The SMILES string of the molecule is Cc1ccc(C(=O)Nc2ccc(N3CCOCC3)cc2)cc1C(=O)Nc1cccc(Br)c1. The minimum atomic E-state index is -0.263. The number of benzene rings is 3. The molecule has 1 aliphatic rings. The predicted molar refractivity (Wildman–Crippen MR) is 131 cm³/mol. The maximum atomic E-state index is 12.8. The molecule has 1 fully saturated rings. The van der Waals surface area contributed by atoms with Crippen LogP contribution < -0.4 is 15.5 Å². The van der Waals surface area contributed by atoms with E-state index in [-0.39, 0.29) is 11.8 Å². The molecule has 0 bridgehead atoms. The molecule has 0 aromatic heterocycles. The van der Waals surface area contributed by atoms with Crippen molar-refractivity contribution >= 4 is 44.8 Å². The van der Waals surface area contributed by atoms with Crippen molar-refractivity contribution in [1.29, 1.82) is 0 Å². The zero-order valence-electron chi connectivity index (χ0n) is 17.7. The molecule has 1 saturated heterocycles. The Morgan fingerprint density at radius 1 is 0.875 bits per heavy atom. The molecule has 0 spiro atoms. The summed E-state index contributed by atoms with van der Waals surface area (Å²) in [5.74, 6) is -0.522. The highest BCUT2D eigenvalue weighted by Gasteiger charge is 2.15. The molecule has 4 rings (SSSR count). The standard InChI is InChI=1S/C25H24BrN3O3/c1-17-5-6-18(15-23(17)25(31)28-21-4-2-3-19(26)16-21)24(30)27-20-7-9-22(10-8-20)29-11-13-32-14-12-29/h2-10,15-16H,11-14H2,1H3,(H,27,30)(H,28,31). The number of hydrogen-bond acceptors (Lipinski definition) is 4. The second kappa shape index (κ2) is 9.97. The molecule has 164 valence electrons. The first-order valence-corrected chi connectivity index (χ1v) is 11.2. The van der Waals surface area contributed by atoms with Crippen molar-refractivity contribution in [2.45, 2.75) is 6.92 Å². The Labute approximate surface area is 195 Å². The van der Waals surface area contributed by atoms with Gasteiger partial charge in [0, 0.05) is 45.8 Å². The zero-order chi connectivity index (χ0) is 22.5. The van der Waals surface area contributed by atoms with E-state index in [9.17, 15) is 9.59 Å². The molecule has 6 nitrogen and oxygen atoms in total. The monoisotopic (exact) mass is 493 g/mol. The Balaban J connectivity index is 1.45. The van der Waals surface area contributed by atoms with E-state index < -0.39 is 0 Å². The molecule has 32 heavy (non-hydrogen) atoms. The van der Waals surface area contributed by atoms with Gasteiger partial charge >= 0.3 is 0 Å². The van der Waals surface area contributed by atoms with Gasteiger partial charge < -0.3 is 20.3 Å². The molecule has 3 aromatic carbocycles. The van der Waals surface area contributed by atoms with E-state index in [1.807, 2.05) is 55.5 Å². The van der Waals surface area contributed by atoms with Gasteiger partial charge in [-0.05, 0) is 67.1 Å². The second-order valence-electron chi connectivity index (χ2n) is 7.59. The van der Waals surface area contributed by atoms with Crippen LogP contribution in [0.5, 0.6) is 0 Å². The lowest BCUT2D eigenvalue weighted by atomic mass is 10.0. The number of rotatable bonds is 5. The lowest BCUT2D eigenvalue weighted by molar-refractivity contribution is 0.102. The van der Waals surface area contributed by atoms with Crippen LogP contribution in [0.3, 0.4) is 0 Å². The summed E-state index contributed by atoms with van der Waals surface area (Å²) in [6.45, 7) is 5.02. The molecular formula is C25H24BrN3O3. The van der Waals surface area contributed by atoms with Crippen LogP contribution in [0, 0.1) is 6.92 Å². The molecule has 0 aliphatic carbocycles. The van der Waals surface area contributed by atoms with Crippen molar-refractivity contribution in [2.24, 2.45) is 0 Å². The molecule has 0 atom stereocenters. The average Bonchev–Trinajstić information content (AvgIpc) is 2.80. The van der Waals surface area contributed by atoms with Gasteiger partial charge in [-0.15, -0.1) is 0 Å². The largest absolute Gasteiger partial charge is 0.378 e. The Bertz CT molecular complexity index is 1130. The van der Waals surface area contributed by atoms with Gasteiger partial charge in [0.2, 0.25) is 0 Å². The number of aryl methyl sites for hydroxylation is 1. The van der Waals surface area contributed by atoms with Gasteiger partial charge in [0.15, 0.2) is 0 Å². The van der Waals surface area contributed by atoms with Crippen LogP contribution in [-0.4, -0.2) is 38.1 Å². The summed E-state index contributed by atoms with van der Waals surface area (Å²) in [6, 6.07) is 20.3.